The van der Waals surface area contributed by atoms with Crippen LogP contribution in [-0.4, -0.2) is 35.9 Å². The van der Waals surface area contributed by atoms with Gasteiger partial charge in [0.25, 0.3) is 0 Å². The first-order valence-electron chi connectivity index (χ1n) is 6.66. The third-order valence-electron chi connectivity index (χ3n) is 2.60. The minimum absolute atomic E-state index is 0.0945. The first-order chi connectivity index (χ1) is 10.1. The topological polar surface area (TPSA) is 84.9 Å². The Labute approximate surface area is 128 Å². The molecule has 2 N–H and O–H groups in total. The molecule has 0 aliphatic heterocycles. The van der Waals surface area contributed by atoms with E-state index in [4.69, 9.17) is 9.47 Å². The highest BCUT2D eigenvalue weighted by Crippen LogP contribution is 2.17. The van der Waals surface area contributed by atoms with Crippen LogP contribution >= 0.6 is 0 Å². The number of alkyl carbamates (subject to hydrolysis) is 1. The summed E-state index contributed by atoms with van der Waals surface area (Å²) in [6, 6.07) is 2.65. The van der Waals surface area contributed by atoms with Crippen LogP contribution in [0.3, 0.4) is 0 Å². The summed E-state index contributed by atoms with van der Waals surface area (Å²) in [5.74, 6) is -1.51. The molecule has 1 unspecified atom stereocenters. The number of halogens is 1. The summed E-state index contributed by atoms with van der Waals surface area (Å²) in [7, 11) is 1.38. The van der Waals surface area contributed by atoms with Gasteiger partial charge >= 0.3 is 12.1 Å². The predicted octanol–water partition coefficient (Wildman–Crippen LogP) is 2.35. The summed E-state index contributed by atoms with van der Waals surface area (Å²) < 4.78 is 23.3. The lowest BCUT2D eigenvalue weighted by molar-refractivity contribution is -0.139. The molecule has 0 aliphatic rings. The van der Waals surface area contributed by atoms with Crippen LogP contribution in [0.5, 0.6) is 5.75 Å². The first-order valence-corrected chi connectivity index (χ1v) is 6.66. The Morgan fingerprint density at radius 1 is 1.32 bits per heavy atom. The van der Waals surface area contributed by atoms with Gasteiger partial charge in [-0.2, -0.15) is 0 Å². The van der Waals surface area contributed by atoms with Gasteiger partial charge in [0.2, 0.25) is 0 Å². The van der Waals surface area contributed by atoms with Crippen molar-refractivity contribution in [3.8, 4) is 5.75 Å². The van der Waals surface area contributed by atoms with Crippen molar-refractivity contribution in [3.05, 3.63) is 29.6 Å². The molecular weight excluding hydrogens is 293 g/mol. The number of amides is 1. The number of aliphatic carboxylic acids is 1. The van der Waals surface area contributed by atoms with Gasteiger partial charge in [0.05, 0.1) is 7.11 Å². The Hall–Kier alpha value is -2.31. The van der Waals surface area contributed by atoms with E-state index < -0.39 is 29.5 Å². The number of benzene rings is 1. The van der Waals surface area contributed by atoms with Gasteiger partial charge in [-0.3, -0.25) is 0 Å². The fourth-order valence-corrected chi connectivity index (χ4v) is 1.74. The summed E-state index contributed by atoms with van der Waals surface area (Å²) in [5.41, 5.74) is -0.352. The molecular formula is C15H20FNO5. The molecule has 1 amide bonds. The maximum Gasteiger partial charge on any atom is 0.408 e. The molecule has 1 aromatic rings. The smallest absolute Gasteiger partial charge is 0.408 e. The van der Waals surface area contributed by atoms with E-state index in [9.17, 15) is 19.1 Å². The van der Waals surface area contributed by atoms with E-state index in [0.717, 1.165) is 0 Å². The van der Waals surface area contributed by atoms with Gasteiger partial charge in [-0.25, -0.2) is 14.0 Å². The molecule has 22 heavy (non-hydrogen) atoms. The van der Waals surface area contributed by atoms with Crippen LogP contribution in [0, 0.1) is 5.82 Å². The number of ether oxygens (including phenoxy) is 2. The van der Waals surface area contributed by atoms with Crippen LogP contribution in [-0.2, 0) is 16.0 Å². The van der Waals surface area contributed by atoms with E-state index in [0.29, 0.717) is 5.56 Å². The summed E-state index contributed by atoms with van der Waals surface area (Å²) in [6.07, 6.45) is -0.939. The Balaban J connectivity index is 2.83. The molecule has 0 fully saturated rings. The molecule has 0 saturated carbocycles. The molecule has 7 heteroatoms. The van der Waals surface area contributed by atoms with Crippen molar-refractivity contribution >= 4 is 12.1 Å². The number of hydrogen-bond donors (Lipinski definition) is 2. The van der Waals surface area contributed by atoms with Crippen molar-refractivity contribution in [1.29, 1.82) is 0 Å². The second-order valence-electron chi connectivity index (χ2n) is 5.74. The summed E-state index contributed by atoms with van der Waals surface area (Å²) in [4.78, 5) is 22.9. The zero-order chi connectivity index (χ0) is 16.9. The Kier molecular flexibility index (Phi) is 5.73. The highest BCUT2D eigenvalue weighted by atomic mass is 19.1. The van der Waals surface area contributed by atoms with Crippen LogP contribution in [0.1, 0.15) is 26.3 Å². The van der Waals surface area contributed by atoms with Gasteiger partial charge in [0.15, 0.2) is 0 Å². The van der Waals surface area contributed by atoms with Gasteiger partial charge in [0, 0.05) is 12.5 Å². The van der Waals surface area contributed by atoms with Crippen molar-refractivity contribution in [1.82, 2.24) is 5.32 Å². The van der Waals surface area contributed by atoms with E-state index in [-0.39, 0.29) is 12.2 Å². The molecule has 0 radical (unpaired) electrons. The minimum atomic E-state index is -1.24. The van der Waals surface area contributed by atoms with E-state index in [2.05, 4.69) is 5.32 Å². The second-order valence-corrected chi connectivity index (χ2v) is 5.74. The Morgan fingerprint density at radius 3 is 2.45 bits per heavy atom. The molecule has 0 aliphatic carbocycles. The zero-order valence-electron chi connectivity index (χ0n) is 13.0. The van der Waals surface area contributed by atoms with E-state index in [1.165, 1.54) is 25.3 Å². The lowest BCUT2D eigenvalue weighted by Gasteiger charge is -2.22. The number of hydrogen-bond acceptors (Lipinski definition) is 4. The maximum absolute atomic E-state index is 13.4. The lowest BCUT2D eigenvalue weighted by atomic mass is 10.1. The largest absolute Gasteiger partial charge is 0.497 e. The van der Waals surface area contributed by atoms with E-state index >= 15 is 0 Å². The van der Waals surface area contributed by atoms with Crippen molar-refractivity contribution in [2.75, 3.05) is 7.11 Å². The average molecular weight is 313 g/mol. The van der Waals surface area contributed by atoms with Crippen molar-refractivity contribution in [3.63, 3.8) is 0 Å². The molecule has 0 saturated heterocycles. The van der Waals surface area contributed by atoms with Gasteiger partial charge in [-0.15, -0.1) is 0 Å². The molecule has 1 rings (SSSR count). The second kappa shape index (κ2) is 7.11. The molecule has 1 aromatic carbocycles. The lowest BCUT2D eigenvalue weighted by Crippen LogP contribution is -2.44. The van der Waals surface area contributed by atoms with Gasteiger partial charge < -0.3 is 19.9 Å². The number of nitrogens with one attached hydrogen (secondary N) is 1. The fraction of sp³-hybridized carbons (Fsp3) is 0.467. The SMILES string of the molecule is COc1cc(F)cc(CC(NC(=O)OC(C)(C)C)C(=O)O)c1. The molecule has 0 heterocycles. The van der Waals surface area contributed by atoms with Gasteiger partial charge in [0.1, 0.15) is 23.2 Å². The number of methoxy groups -OCH3 is 1. The Bertz CT molecular complexity index is 553. The molecule has 0 spiro atoms. The number of carboxylic acid groups (broad SMARTS) is 1. The monoisotopic (exact) mass is 313 g/mol. The quantitative estimate of drug-likeness (QED) is 0.871. The van der Waals surface area contributed by atoms with E-state index in [1.807, 2.05) is 0 Å². The van der Waals surface area contributed by atoms with Gasteiger partial charge in [-0.05, 0) is 38.5 Å². The van der Waals surface area contributed by atoms with Crippen LogP contribution in [0.25, 0.3) is 0 Å². The van der Waals surface area contributed by atoms with E-state index in [1.54, 1.807) is 20.8 Å². The standard InChI is InChI=1S/C15H20FNO5/c1-15(2,3)22-14(20)17-12(13(18)19)7-9-5-10(16)8-11(6-9)21-4/h5-6,8,12H,7H2,1-4H3,(H,17,20)(H,18,19). The molecule has 6 nitrogen and oxygen atoms in total. The van der Waals surface area contributed by atoms with Crippen molar-refractivity contribution in [2.45, 2.75) is 38.8 Å². The van der Waals surface area contributed by atoms with Crippen molar-refractivity contribution in [2.24, 2.45) is 0 Å². The molecule has 122 valence electrons. The first kappa shape index (κ1) is 17.7. The fourth-order valence-electron chi connectivity index (χ4n) is 1.74. The summed E-state index contributed by atoms with van der Waals surface area (Å²) >= 11 is 0. The van der Waals surface area contributed by atoms with Crippen molar-refractivity contribution < 1.29 is 28.6 Å². The highest BCUT2D eigenvalue weighted by molar-refractivity contribution is 5.80. The highest BCUT2D eigenvalue weighted by Gasteiger charge is 2.24. The zero-order valence-corrected chi connectivity index (χ0v) is 13.0. The number of rotatable bonds is 5. The average Bonchev–Trinajstić information content (AvgIpc) is 2.34. The Morgan fingerprint density at radius 2 is 1.95 bits per heavy atom. The number of carbonyl (C=O) groups is 2. The number of carboxylic acids is 1. The third kappa shape index (κ3) is 5.99. The van der Waals surface area contributed by atoms with Gasteiger partial charge in [-0.1, -0.05) is 0 Å². The molecule has 1 atom stereocenters. The normalized spacial score (nSPS) is 12.4. The van der Waals surface area contributed by atoms with Crippen LogP contribution < -0.4 is 10.1 Å². The predicted molar refractivity (Wildman–Crippen MR) is 77.4 cm³/mol. The maximum atomic E-state index is 13.4. The molecule has 0 bridgehead atoms. The van der Waals surface area contributed by atoms with Crippen LogP contribution in [0.15, 0.2) is 18.2 Å². The number of carbonyl (C=O) groups excluding carboxylic acids is 1. The molecule has 0 aromatic heterocycles. The minimum Gasteiger partial charge on any atom is -0.497 e. The summed E-state index contributed by atoms with van der Waals surface area (Å²) in [6.45, 7) is 5.00. The summed E-state index contributed by atoms with van der Waals surface area (Å²) in [5, 5.41) is 11.4. The van der Waals surface area contributed by atoms with Crippen LogP contribution in [0.2, 0.25) is 0 Å². The third-order valence-corrected chi connectivity index (χ3v) is 2.60. The van der Waals surface area contributed by atoms with Crippen LogP contribution in [0.4, 0.5) is 9.18 Å².